The number of nitrogens with zero attached hydrogens (tertiary/aromatic N) is 2. The summed E-state index contributed by atoms with van der Waals surface area (Å²) in [5, 5.41) is 4.25. The maximum Gasteiger partial charge on any atom is 0.183 e. The molecule has 21 heavy (non-hydrogen) atoms. The highest BCUT2D eigenvalue weighted by Crippen LogP contribution is 2.30. The molecule has 0 bridgehead atoms. The van der Waals surface area contributed by atoms with Gasteiger partial charge in [0.1, 0.15) is 0 Å². The minimum atomic E-state index is 0.400. The molecule has 2 heterocycles. The largest absolute Gasteiger partial charge is 0.359 e. The third-order valence-electron chi connectivity index (χ3n) is 2.23. The van der Waals surface area contributed by atoms with Gasteiger partial charge in [0.2, 0.25) is 0 Å². The van der Waals surface area contributed by atoms with Gasteiger partial charge < -0.3 is 5.32 Å². The van der Waals surface area contributed by atoms with Crippen LogP contribution in [0.5, 0.6) is 0 Å². The van der Waals surface area contributed by atoms with Crippen LogP contribution in [0, 0.1) is 6.92 Å². The van der Waals surface area contributed by atoms with E-state index in [0.29, 0.717) is 6.04 Å². The lowest BCUT2D eigenvalue weighted by molar-refractivity contribution is 0.896. The molecular weight excluding hydrogens is 346 g/mol. The topological polar surface area (TPSA) is 37.8 Å². The minimum absolute atomic E-state index is 0.400. The van der Waals surface area contributed by atoms with E-state index >= 15 is 0 Å². The molecule has 2 aromatic heterocycles. The van der Waals surface area contributed by atoms with Gasteiger partial charge in [-0.25, -0.2) is 4.98 Å². The molecule has 1 N–H and O–H groups in total. The number of halogens is 1. The predicted molar refractivity (Wildman–Crippen MR) is 99.2 cm³/mol. The van der Waals surface area contributed by atoms with Crippen LogP contribution in [0.1, 0.15) is 47.2 Å². The quantitative estimate of drug-likeness (QED) is 0.702. The van der Waals surface area contributed by atoms with Crippen molar-refractivity contribution in [2.75, 3.05) is 5.32 Å². The van der Waals surface area contributed by atoms with Crippen molar-refractivity contribution in [1.29, 1.82) is 0 Å². The minimum Gasteiger partial charge on any atom is -0.359 e. The third kappa shape index (κ3) is 6.57. The Morgan fingerprint density at radius 1 is 1.10 bits per heavy atom. The van der Waals surface area contributed by atoms with Gasteiger partial charge in [-0.05, 0) is 42.8 Å². The van der Waals surface area contributed by atoms with E-state index < -0.39 is 0 Å². The Hall–Kier alpha value is -0.940. The van der Waals surface area contributed by atoms with Crippen molar-refractivity contribution >= 4 is 32.4 Å². The fourth-order valence-corrected chi connectivity index (χ4v) is 2.65. The molecule has 2 aromatic rings. The fourth-order valence-electron chi connectivity index (χ4n) is 1.36. The standard InChI is InChI=1S/C12H14BrN3S.2C2H6/c1-7(2)16-12-15-6-11(17-12)9-4-10(13)8(3)14-5-9;2*1-2/h4-7H,1-3H3,(H,15,16);2*1-2H3. The lowest BCUT2D eigenvalue weighted by Gasteiger charge is -2.04. The monoisotopic (exact) mass is 371 g/mol. The molecule has 2 rings (SSSR count). The first-order valence-electron chi connectivity index (χ1n) is 7.41. The first-order valence-corrected chi connectivity index (χ1v) is 9.02. The molecule has 0 aliphatic carbocycles. The number of aryl methyl sites for hydroxylation is 1. The summed E-state index contributed by atoms with van der Waals surface area (Å²) in [6.07, 6.45) is 3.76. The zero-order valence-corrected chi connectivity index (χ0v) is 16.4. The van der Waals surface area contributed by atoms with Gasteiger partial charge in [0.25, 0.3) is 0 Å². The number of hydrogen-bond donors (Lipinski definition) is 1. The third-order valence-corrected chi connectivity index (χ3v) is 4.01. The fraction of sp³-hybridized carbons (Fsp3) is 0.500. The lowest BCUT2D eigenvalue weighted by atomic mass is 10.2. The summed E-state index contributed by atoms with van der Waals surface area (Å²) >= 11 is 5.14. The number of hydrogen-bond acceptors (Lipinski definition) is 4. The highest BCUT2D eigenvalue weighted by molar-refractivity contribution is 9.10. The number of rotatable bonds is 3. The number of pyridine rings is 1. The normalized spacial score (nSPS) is 9.38. The number of thiazole rings is 1. The molecule has 5 heteroatoms. The summed E-state index contributed by atoms with van der Waals surface area (Å²) in [6.45, 7) is 14.2. The summed E-state index contributed by atoms with van der Waals surface area (Å²) in [5.41, 5.74) is 2.09. The SMILES string of the molecule is CC.CC.Cc1ncc(-c2cnc(NC(C)C)s2)cc1Br. The van der Waals surface area contributed by atoms with E-state index in [9.17, 15) is 0 Å². The van der Waals surface area contributed by atoms with E-state index in [1.807, 2.05) is 47.0 Å². The van der Waals surface area contributed by atoms with Crippen molar-refractivity contribution in [2.45, 2.75) is 54.5 Å². The van der Waals surface area contributed by atoms with E-state index in [0.717, 1.165) is 25.7 Å². The second-order valence-electron chi connectivity index (χ2n) is 4.12. The van der Waals surface area contributed by atoms with Crippen molar-refractivity contribution in [2.24, 2.45) is 0 Å². The average Bonchev–Trinajstić information content (AvgIpc) is 2.94. The molecule has 0 saturated carbocycles. The lowest BCUT2D eigenvalue weighted by Crippen LogP contribution is -2.08. The highest BCUT2D eigenvalue weighted by Gasteiger charge is 2.07. The van der Waals surface area contributed by atoms with Gasteiger partial charge in [-0.3, -0.25) is 4.98 Å². The van der Waals surface area contributed by atoms with Crippen LogP contribution < -0.4 is 5.32 Å². The zero-order chi connectivity index (χ0) is 16.4. The first-order chi connectivity index (χ1) is 10.1. The van der Waals surface area contributed by atoms with E-state index in [-0.39, 0.29) is 0 Å². The summed E-state index contributed by atoms with van der Waals surface area (Å²) in [7, 11) is 0. The average molecular weight is 372 g/mol. The zero-order valence-electron chi connectivity index (χ0n) is 14.0. The van der Waals surface area contributed by atoms with Crippen LogP contribution in [0.4, 0.5) is 5.13 Å². The summed E-state index contributed by atoms with van der Waals surface area (Å²) in [5.74, 6) is 0. The van der Waals surface area contributed by atoms with E-state index in [2.05, 4.69) is 51.1 Å². The molecule has 0 aliphatic rings. The van der Waals surface area contributed by atoms with Gasteiger partial charge in [0, 0.05) is 28.5 Å². The maximum atomic E-state index is 4.35. The molecule has 0 radical (unpaired) electrons. The van der Waals surface area contributed by atoms with Crippen molar-refractivity contribution in [3.05, 3.63) is 28.6 Å². The molecule has 0 spiro atoms. The van der Waals surface area contributed by atoms with Crippen LogP contribution in [-0.4, -0.2) is 16.0 Å². The Morgan fingerprint density at radius 2 is 1.71 bits per heavy atom. The Bertz CT molecular complexity index is 524. The Balaban J connectivity index is 0.000000921. The molecule has 0 amide bonds. The van der Waals surface area contributed by atoms with Gasteiger partial charge in [0.15, 0.2) is 5.13 Å². The summed E-state index contributed by atoms with van der Waals surface area (Å²) in [4.78, 5) is 9.81. The van der Waals surface area contributed by atoms with Gasteiger partial charge in [0.05, 0.1) is 10.6 Å². The van der Waals surface area contributed by atoms with Crippen LogP contribution in [0.25, 0.3) is 10.4 Å². The van der Waals surface area contributed by atoms with Crippen LogP contribution in [0.15, 0.2) is 22.9 Å². The molecule has 0 aliphatic heterocycles. The van der Waals surface area contributed by atoms with Crippen LogP contribution in [-0.2, 0) is 0 Å². The van der Waals surface area contributed by atoms with Crippen molar-refractivity contribution in [3.63, 3.8) is 0 Å². The number of aromatic nitrogens is 2. The Labute approximate surface area is 141 Å². The van der Waals surface area contributed by atoms with Gasteiger partial charge in [-0.1, -0.05) is 39.0 Å². The van der Waals surface area contributed by atoms with Crippen molar-refractivity contribution < 1.29 is 0 Å². The second kappa shape index (κ2) is 10.7. The second-order valence-corrected chi connectivity index (χ2v) is 6.00. The smallest absolute Gasteiger partial charge is 0.183 e. The van der Waals surface area contributed by atoms with Crippen LogP contribution in [0.2, 0.25) is 0 Å². The number of anilines is 1. The van der Waals surface area contributed by atoms with Crippen LogP contribution >= 0.6 is 27.3 Å². The van der Waals surface area contributed by atoms with E-state index in [1.165, 1.54) is 0 Å². The molecular formula is C16H26BrN3S. The van der Waals surface area contributed by atoms with Gasteiger partial charge in [-0.2, -0.15) is 0 Å². The first kappa shape index (κ1) is 20.1. The van der Waals surface area contributed by atoms with Gasteiger partial charge >= 0.3 is 0 Å². The summed E-state index contributed by atoms with van der Waals surface area (Å²) < 4.78 is 1.03. The molecule has 0 fully saturated rings. The molecule has 0 saturated heterocycles. The van der Waals surface area contributed by atoms with Crippen LogP contribution in [0.3, 0.4) is 0 Å². The molecule has 3 nitrogen and oxygen atoms in total. The maximum absolute atomic E-state index is 4.35. The Kier molecular flexibility index (Phi) is 10.3. The molecule has 0 aromatic carbocycles. The van der Waals surface area contributed by atoms with Crippen molar-refractivity contribution in [1.82, 2.24) is 9.97 Å². The predicted octanol–water partition coefficient (Wildman–Crippen LogP) is 6.15. The van der Waals surface area contributed by atoms with Crippen molar-refractivity contribution in [3.8, 4) is 10.4 Å². The van der Waals surface area contributed by atoms with E-state index in [1.54, 1.807) is 11.3 Å². The number of nitrogens with one attached hydrogen (secondary N) is 1. The van der Waals surface area contributed by atoms with E-state index in [4.69, 9.17) is 0 Å². The van der Waals surface area contributed by atoms with Gasteiger partial charge in [-0.15, -0.1) is 0 Å². The molecule has 0 unspecified atom stereocenters. The summed E-state index contributed by atoms with van der Waals surface area (Å²) in [6, 6.07) is 2.48. The molecule has 118 valence electrons. The Morgan fingerprint density at radius 3 is 2.24 bits per heavy atom. The molecule has 0 atom stereocenters. The highest BCUT2D eigenvalue weighted by atomic mass is 79.9.